The largest absolute Gasteiger partial charge is 0.320 e. The Morgan fingerprint density at radius 3 is 2.38 bits per heavy atom. The summed E-state index contributed by atoms with van der Waals surface area (Å²) in [5.41, 5.74) is 1.38. The molecule has 0 aromatic carbocycles. The van der Waals surface area contributed by atoms with E-state index in [0.29, 0.717) is 12.2 Å². The Bertz CT molecular complexity index is 463. The standard InChI is InChI=1S/C14H19BrN2O2.C2H4/c1-4-17(5-2)9-11-8-12(15)6-7-13(18)14(19)16-10(11)3;1-2/h6,8H,3-5,7,9H2,1-2H3,(H,16,19);1-2H2/b11-8-,12-6+;. The van der Waals surface area contributed by atoms with Crippen molar-refractivity contribution in [1.29, 1.82) is 0 Å². The lowest BCUT2D eigenvalue weighted by Crippen LogP contribution is -2.33. The van der Waals surface area contributed by atoms with Crippen LogP contribution in [0.25, 0.3) is 0 Å². The van der Waals surface area contributed by atoms with E-state index in [1.807, 2.05) is 6.08 Å². The molecule has 0 bridgehead atoms. The van der Waals surface area contributed by atoms with Crippen molar-refractivity contribution in [3.05, 3.63) is 47.6 Å². The topological polar surface area (TPSA) is 49.4 Å². The van der Waals surface area contributed by atoms with E-state index < -0.39 is 11.7 Å². The fourth-order valence-corrected chi connectivity index (χ4v) is 2.15. The lowest BCUT2D eigenvalue weighted by molar-refractivity contribution is -0.136. The first-order chi connectivity index (χ1) is 9.97. The summed E-state index contributed by atoms with van der Waals surface area (Å²) in [4.78, 5) is 25.3. The molecule has 0 fully saturated rings. The molecule has 5 heteroatoms. The van der Waals surface area contributed by atoms with Gasteiger partial charge in [0.15, 0.2) is 0 Å². The first-order valence-electron chi connectivity index (χ1n) is 6.80. The Hall–Kier alpha value is -1.46. The number of rotatable bonds is 4. The lowest BCUT2D eigenvalue weighted by Gasteiger charge is -2.21. The highest BCUT2D eigenvalue weighted by Gasteiger charge is 2.17. The van der Waals surface area contributed by atoms with E-state index >= 15 is 0 Å². The molecule has 1 heterocycles. The molecule has 1 aliphatic heterocycles. The van der Waals surface area contributed by atoms with Gasteiger partial charge in [0.1, 0.15) is 0 Å². The third-order valence-corrected chi connectivity index (χ3v) is 3.54. The molecular formula is C16H23BrN2O2. The number of likely N-dealkylation sites (N-methyl/N-ethyl adjacent to an activating group) is 1. The molecular weight excluding hydrogens is 332 g/mol. The number of carbonyl (C=O) groups is 2. The summed E-state index contributed by atoms with van der Waals surface area (Å²) in [6.07, 6.45) is 3.69. The maximum atomic E-state index is 11.6. The number of allylic oxidation sites excluding steroid dienone is 3. The van der Waals surface area contributed by atoms with Gasteiger partial charge in [-0.2, -0.15) is 0 Å². The highest BCUT2D eigenvalue weighted by molar-refractivity contribution is 9.11. The second kappa shape index (κ2) is 10.3. The van der Waals surface area contributed by atoms with Crippen molar-refractivity contribution in [1.82, 2.24) is 10.2 Å². The summed E-state index contributed by atoms with van der Waals surface area (Å²) in [6.45, 7) is 16.5. The maximum Gasteiger partial charge on any atom is 0.292 e. The summed E-state index contributed by atoms with van der Waals surface area (Å²) in [5, 5.41) is 2.56. The van der Waals surface area contributed by atoms with E-state index in [-0.39, 0.29) is 6.42 Å². The third-order valence-electron chi connectivity index (χ3n) is 2.99. The number of nitrogens with one attached hydrogen (secondary N) is 1. The molecule has 4 nitrogen and oxygen atoms in total. The van der Waals surface area contributed by atoms with Crippen LogP contribution in [0.5, 0.6) is 0 Å². The molecule has 0 aromatic heterocycles. The van der Waals surface area contributed by atoms with Crippen molar-refractivity contribution in [3.8, 4) is 0 Å². The quantitative estimate of drug-likeness (QED) is 0.623. The summed E-state index contributed by atoms with van der Waals surface area (Å²) in [6, 6.07) is 0. The number of nitrogens with zero attached hydrogens (tertiary/aromatic N) is 1. The number of Topliss-reactive ketones (excluding diaryl/α,β-unsaturated/α-hetero) is 1. The molecule has 0 spiro atoms. The van der Waals surface area contributed by atoms with E-state index in [1.165, 1.54) is 0 Å². The zero-order valence-corrected chi connectivity index (χ0v) is 14.3. The molecule has 1 aliphatic rings. The van der Waals surface area contributed by atoms with Crippen LogP contribution in [-0.4, -0.2) is 36.2 Å². The predicted molar refractivity (Wildman–Crippen MR) is 91.0 cm³/mol. The van der Waals surface area contributed by atoms with Gasteiger partial charge in [0.05, 0.1) is 0 Å². The molecule has 0 saturated heterocycles. The molecule has 0 aromatic rings. The molecule has 1 rings (SSSR count). The highest BCUT2D eigenvalue weighted by atomic mass is 79.9. The van der Waals surface area contributed by atoms with Gasteiger partial charge in [-0.15, -0.1) is 13.2 Å². The van der Waals surface area contributed by atoms with Gasteiger partial charge in [-0.1, -0.05) is 42.4 Å². The second-order valence-electron chi connectivity index (χ2n) is 4.28. The molecule has 0 saturated carbocycles. The van der Waals surface area contributed by atoms with Crippen LogP contribution in [-0.2, 0) is 9.59 Å². The predicted octanol–water partition coefficient (Wildman–Crippen LogP) is 2.94. The molecule has 0 unspecified atom stereocenters. The molecule has 21 heavy (non-hydrogen) atoms. The van der Waals surface area contributed by atoms with E-state index in [0.717, 1.165) is 23.1 Å². The smallest absolute Gasteiger partial charge is 0.292 e. The van der Waals surface area contributed by atoms with Crippen LogP contribution in [0.1, 0.15) is 20.3 Å². The molecule has 1 N–H and O–H groups in total. The van der Waals surface area contributed by atoms with Crippen LogP contribution in [0.3, 0.4) is 0 Å². The van der Waals surface area contributed by atoms with E-state index in [9.17, 15) is 9.59 Å². The fraction of sp³-hybridized carbons (Fsp3) is 0.375. The van der Waals surface area contributed by atoms with Crippen molar-refractivity contribution in [3.63, 3.8) is 0 Å². The summed E-state index contributed by atoms with van der Waals surface area (Å²) in [7, 11) is 0. The Balaban J connectivity index is 0.00000191. The first kappa shape index (κ1) is 19.5. The van der Waals surface area contributed by atoms with Crippen LogP contribution >= 0.6 is 15.9 Å². The number of hydrogen-bond donors (Lipinski definition) is 1. The van der Waals surface area contributed by atoms with Gasteiger partial charge >= 0.3 is 0 Å². The maximum absolute atomic E-state index is 11.6. The summed E-state index contributed by atoms with van der Waals surface area (Å²) in [5.74, 6) is -1.07. The van der Waals surface area contributed by atoms with Gasteiger partial charge in [0, 0.05) is 23.1 Å². The van der Waals surface area contributed by atoms with Crippen molar-refractivity contribution in [2.75, 3.05) is 19.6 Å². The van der Waals surface area contributed by atoms with Gasteiger partial charge in [0.25, 0.3) is 5.91 Å². The monoisotopic (exact) mass is 354 g/mol. The van der Waals surface area contributed by atoms with Gasteiger partial charge in [-0.05, 0) is 24.7 Å². The average molecular weight is 355 g/mol. The Morgan fingerprint density at radius 1 is 1.29 bits per heavy atom. The van der Waals surface area contributed by atoms with Crippen LogP contribution in [0.4, 0.5) is 0 Å². The van der Waals surface area contributed by atoms with Gasteiger partial charge < -0.3 is 5.32 Å². The average Bonchev–Trinajstić information content (AvgIpc) is 2.53. The van der Waals surface area contributed by atoms with Crippen molar-refractivity contribution in [2.24, 2.45) is 0 Å². The first-order valence-corrected chi connectivity index (χ1v) is 7.59. The molecule has 0 radical (unpaired) electrons. The third kappa shape index (κ3) is 6.69. The number of carbonyl (C=O) groups excluding carboxylic acids is 2. The molecule has 116 valence electrons. The van der Waals surface area contributed by atoms with Crippen LogP contribution < -0.4 is 5.32 Å². The molecule has 0 atom stereocenters. The summed E-state index contributed by atoms with van der Waals surface area (Å²) >= 11 is 3.39. The van der Waals surface area contributed by atoms with Crippen molar-refractivity contribution >= 4 is 27.6 Å². The molecule has 1 amide bonds. The second-order valence-corrected chi connectivity index (χ2v) is 5.20. The zero-order chi connectivity index (χ0) is 16.4. The minimum Gasteiger partial charge on any atom is -0.320 e. The van der Waals surface area contributed by atoms with Crippen LogP contribution in [0, 0.1) is 0 Å². The van der Waals surface area contributed by atoms with Crippen LogP contribution in [0.15, 0.2) is 47.6 Å². The Kier molecular flexibility index (Phi) is 9.58. The van der Waals surface area contributed by atoms with Gasteiger partial charge in [-0.25, -0.2) is 0 Å². The number of hydrogen-bond acceptors (Lipinski definition) is 3. The van der Waals surface area contributed by atoms with E-state index in [4.69, 9.17) is 0 Å². The summed E-state index contributed by atoms with van der Waals surface area (Å²) < 4.78 is 0.792. The highest BCUT2D eigenvalue weighted by Crippen LogP contribution is 2.17. The zero-order valence-electron chi connectivity index (χ0n) is 12.7. The minimum absolute atomic E-state index is 0.0920. The minimum atomic E-state index is -0.603. The van der Waals surface area contributed by atoms with Crippen molar-refractivity contribution in [2.45, 2.75) is 20.3 Å². The number of halogens is 1. The van der Waals surface area contributed by atoms with Gasteiger partial charge in [-0.3, -0.25) is 14.5 Å². The fourth-order valence-electron chi connectivity index (χ4n) is 1.71. The van der Waals surface area contributed by atoms with E-state index in [2.05, 4.69) is 59.7 Å². The van der Waals surface area contributed by atoms with Crippen molar-refractivity contribution < 1.29 is 9.59 Å². The number of amides is 1. The lowest BCUT2D eigenvalue weighted by atomic mass is 10.1. The Labute approximate surface area is 135 Å². The Morgan fingerprint density at radius 2 is 1.86 bits per heavy atom. The normalized spacial score (nSPS) is 20.9. The van der Waals surface area contributed by atoms with Crippen LogP contribution in [0.2, 0.25) is 0 Å². The SMILES string of the molecule is C=C.C=C1NC(=O)C(=O)C/C=C(Br)\C=C/1CN(CC)CC. The van der Waals surface area contributed by atoms with E-state index in [1.54, 1.807) is 6.08 Å². The van der Waals surface area contributed by atoms with Gasteiger partial charge in [0.2, 0.25) is 5.78 Å². The molecule has 0 aliphatic carbocycles. The number of ketones is 1.